The number of benzene rings is 1. The van der Waals surface area contributed by atoms with Gasteiger partial charge in [-0.15, -0.1) is 11.3 Å². The Kier molecular flexibility index (Phi) is 3.79. The SMILES string of the molecule is CC=NSc1nc2cc(OCC)ccc2s1. The molecular weight excluding hydrogens is 240 g/mol. The van der Waals surface area contributed by atoms with E-state index in [9.17, 15) is 0 Å². The molecule has 0 aliphatic rings. The van der Waals surface area contributed by atoms with Gasteiger partial charge < -0.3 is 4.74 Å². The highest BCUT2D eigenvalue weighted by atomic mass is 32.2. The monoisotopic (exact) mass is 252 g/mol. The standard InChI is InChI=1S/C11H12N2OS2/c1-3-12-16-11-13-9-7-8(14-4-2)5-6-10(9)15-11/h3,5-7H,4H2,1-2H3. The summed E-state index contributed by atoms with van der Waals surface area (Å²) in [5, 5.41) is 0. The van der Waals surface area contributed by atoms with Crippen LogP contribution in [0.25, 0.3) is 10.2 Å². The molecule has 0 fully saturated rings. The van der Waals surface area contributed by atoms with Crippen molar-refractivity contribution in [2.75, 3.05) is 6.61 Å². The minimum absolute atomic E-state index is 0.678. The summed E-state index contributed by atoms with van der Waals surface area (Å²) in [6.07, 6.45) is 1.77. The third-order valence-electron chi connectivity index (χ3n) is 1.89. The lowest BCUT2D eigenvalue weighted by Crippen LogP contribution is -1.90. The maximum Gasteiger partial charge on any atom is 0.173 e. The molecule has 2 aromatic rings. The highest BCUT2D eigenvalue weighted by Crippen LogP contribution is 2.31. The van der Waals surface area contributed by atoms with Crippen molar-refractivity contribution in [3.8, 4) is 5.75 Å². The molecule has 0 unspecified atom stereocenters. The second kappa shape index (κ2) is 5.32. The Balaban J connectivity index is 2.30. The van der Waals surface area contributed by atoms with Gasteiger partial charge in [-0.25, -0.2) is 9.38 Å². The maximum atomic E-state index is 5.43. The van der Waals surface area contributed by atoms with Gasteiger partial charge in [0.05, 0.1) is 16.8 Å². The molecule has 84 valence electrons. The highest BCUT2D eigenvalue weighted by Gasteiger charge is 2.05. The molecule has 0 aliphatic heterocycles. The number of nitrogens with zero attached hydrogens (tertiary/aromatic N) is 2. The van der Waals surface area contributed by atoms with Crippen LogP contribution in [-0.2, 0) is 0 Å². The third-order valence-corrected chi connectivity index (χ3v) is 3.75. The van der Waals surface area contributed by atoms with Crippen molar-refractivity contribution in [2.45, 2.75) is 18.2 Å². The van der Waals surface area contributed by atoms with E-state index in [2.05, 4.69) is 9.38 Å². The molecule has 5 heteroatoms. The molecule has 16 heavy (non-hydrogen) atoms. The summed E-state index contributed by atoms with van der Waals surface area (Å²) in [5.74, 6) is 0.871. The Bertz CT molecular complexity index is 508. The van der Waals surface area contributed by atoms with Gasteiger partial charge in [0.25, 0.3) is 0 Å². The lowest BCUT2D eigenvalue weighted by molar-refractivity contribution is 0.340. The van der Waals surface area contributed by atoms with E-state index in [1.54, 1.807) is 17.6 Å². The lowest BCUT2D eigenvalue weighted by Gasteiger charge is -2.00. The third kappa shape index (κ3) is 2.54. The lowest BCUT2D eigenvalue weighted by atomic mass is 10.3. The summed E-state index contributed by atoms with van der Waals surface area (Å²) in [7, 11) is 0. The van der Waals surface area contributed by atoms with E-state index in [4.69, 9.17) is 4.74 Å². The van der Waals surface area contributed by atoms with E-state index in [-0.39, 0.29) is 0 Å². The number of thiazole rings is 1. The van der Waals surface area contributed by atoms with E-state index in [1.165, 1.54) is 11.9 Å². The van der Waals surface area contributed by atoms with Gasteiger partial charge in [0.15, 0.2) is 4.34 Å². The van der Waals surface area contributed by atoms with Gasteiger partial charge in [0, 0.05) is 24.2 Å². The second-order valence-electron chi connectivity index (χ2n) is 3.00. The molecule has 0 spiro atoms. The minimum atomic E-state index is 0.678. The van der Waals surface area contributed by atoms with Gasteiger partial charge in [0.1, 0.15) is 5.75 Å². The van der Waals surface area contributed by atoms with Crippen LogP contribution in [0, 0.1) is 0 Å². The number of fused-ring (bicyclic) bond motifs is 1. The minimum Gasteiger partial charge on any atom is -0.494 e. The average Bonchev–Trinajstić information content (AvgIpc) is 2.68. The Morgan fingerprint density at radius 3 is 3.19 bits per heavy atom. The fourth-order valence-corrected chi connectivity index (χ4v) is 2.84. The van der Waals surface area contributed by atoms with E-state index in [1.807, 2.05) is 32.0 Å². The topological polar surface area (TPSA) is 34.5 Å². The fourth-order valence-electron chi connectivity index (χ4n) is 1.28. The average molecular weight is 252 g/mol. The van der Waals surface area contributed by atoms with Gasteiger partial charge in [0.2, 0.25) is 0 Å². The molecule has 1 heterocycles. The molecule has 0 radical (unpaired) electrons. The molecular formula is C11H12N2OS2. The van der Waals surface area contributed by atoms with E-state index >= 15 is 0 Å². The smallest absolute Gasteiger partial charge is 0.173 e. The van der Waals surface area contributed by atoms with Gasteiger partial charge in [-0.3, -0.25) is 0 Å². The van der Waals surface area contributed by atoms with Crippen LogP contribution in [-0.4, -0.2) is 17.8 Å². The Hall–Kier alpha value is -1.07. The summed E-state index contributed by atoms with van der Waals surface area (Å²) in [6, 6.07) is 5.98. The van der Waals surface area contributed by atoms with Gasteiger partial charge in [-0.05, 0) is 26.0 Å². The Morgan fingerprint density at radius 1 is 1.56 bits per heavy atom. The molecule has 0 amide bonds. The molecule has 0 bridgehead atoms. The molecule has 0 saturated heterocycles. The van der Waals surface area contributed by atoms with Crippen LogP contribution >= 0.6 is 23.3 Å². The van der Waals surface area contributed by atoms with E-state index in [0.29, 0.717) is 6.61 Å². The number of rotatable bonds is 4. The van der Waals surface area contributed by atoms with Crippen LogP contribution < -0.4 is 4.74 Å². The summed E-state index contributed by atoms with van der Waals surface area (Å²) in [4.78, 5) is 4.48. The Labute approximate surface area is 103 Å². The molecule has 3 nitrogen and oxygen atoms in total. The fraction of sp³-hybridized carbons (Fsp3) is 0.273. The predicted molar refractivity (Wildman–Crippen MR) is 70.8 cm³/mol. The zero-order chi connectivity index (χ0) is 11.4. The first-order chi connectivity index (χ1) is 7.83. The van der Waals surface area contributed by atoms with Crippen LogP contribution in [0.4, 0.5) is 0 Å². The number of aromatic nitrogens is 1. The summed E-state index contributed by atoms with van der Waals surface area (Å²) in [5.41, 5.74) is 0.977. The van der Waals surface area contributed by atoms with Crippen LogP contribution in [0.3, 0.4) is 0 Å². The molecule has 2 rings (SSSR count). The van der Waals surface area contributed by atoms with Crippen molar-refractivity contribution in [1.29, 1.82) is 0 Å². The Morgan fingerprint density at radius 2 is 2.44 bits per heavy atom. The van der Waals surface area contributed by atoms with Crippen LogP contribution in [0.15, 0.2) is 26.9 Å². The maximum absolute atomic E-state index is 5.43. The number of hydrogen-bond acceptors (Lipinski definition) is 5. The molecule has 0 aliphatic carbocycles. The number of hydrogen-bond donors (Lipinski definition) is 0. The van der Waals surface area contributed by atoms with E-state index in [0.717, 1.165) is 20.3 Å². The van der Waals surface area contributed by atoms with Crippen LogP contribution in [0.2, 0.25) is 0 Å². The summed E-state index contributed by atoms with van der Waals surface area (Å²) < 4.78 is 11.7. The normalized spacial score (nSPS) is 11.4. The zero-order valence-corrected chi connectivity index (χ0v) is 10.8. The van der Waals surface area contributed by atoms with E-state index < -0.39 is 0 Å². The van der Waals surface area contributed by atoms with Crippen molar-refractivity contribution in [2.24, 2.45) is 4.40 Å². The second-order valence-corrected chi connectivity index (χ2v) is 5.07. The molecule has 0 saturated carbocycles. The van der Waals surface area contributed by atoms with Crippen molar-refractivity contribution in [3.63, 3.8) is 0 Å². The van der Waals surface area contributed by atoms with Gasteiger partial charge >= 0.3 is 0 Å². The first kappa shape index (κ1) is 11.4. The van der Waals surface area contributed by atoms with Crippen molar-refractivity contribution >= 4 is 39.7 Å². The van der Waals surface area contributed by atoms with Gasteiger partial charge in [-0.1, -0.05) is 0 Å². The van der Waals surface area contributed by atoms with Crippen LogP contribution in [0.5, 0.6) is 5.75 Å². The van der Waals surface area contributed by atoms with Crippen LogP contribution in [0.1, 0.15) is 13.8 Å². The molecule has 0 N–H and O–H groups in total. The molecule has 1 aromatic carbocycles. The predicted octanol–water partition coefficient (Wildman–Crippen LogP) is 3.79. The largest absolute Gasteiger partial charge is 0.494 e. The first-order valence-corrected chi connectivity index (χ1v) is 6.61. The highest BCUT2D eigenvalue weighted by molar-refractivity contribution is 8.00. The van der Waals surface area contributed by atoms with Crippen molar-refractivity contribution in [3.05, 3.63) is 18.2 Å². The summed E-state index contributed by atoms with van der Waals surface area (Å²) in [6.45, 7) is 4.55. The molecule has 1 aromatic heterocycles. The van der Waals surface area contributed by atoms with Crippen molar-refractivity contribution < 1.29 is 4.74 Å². The number of ether oxygens (including phenoxy) is 1. The van der Waals surface area contributed by atoms with Crippen molar-refractivity contribution in [1.82, 2.24) is 4.98 Å². The first-order valence-electron chi connectivity index (χ1n) is 5.02. The summed E-state index contributed by atoms with van der Waals surface area (Å²) >= 11 is 3.05. The zero-order valence-electron chi connectivity index (χ0n) is 9.14. The quantitative estimate of drug-likeness (QED) is 0.613. The molecule has 0 atom stereocenters. The van der Waals surface area contributed by atoms with Gasteiger partial charge in [-0.2, -0.15) is 0 Å².